The number of imidazole rings is 1. The summed E-state index contributed by atoms with van der Waals surface area (Å²) in [5.74, 6) is -0.702. The first-order valence-electron chi connectivity index (χ1n) is 7.60. The van der Waals surface area contributed by atoms with Crippen molar-refractivity contribution in [2.75, 3.05) is 13.1 Å². The number of carbonyl (C=O) groups is 1. The zero-order valence-electron chi connectivity index (χ0n) is 12.1. The van der Waals surface area contributed by atoms with Crippen LogP contribution in [-0.2, 0) is 11.3 Å². The molecule has 1 aliphatic rings. The second kappa shape index (κ2) is 6.26. The van der Waals surface area contributed by atoms with Crippen LogP contribution >= 0.6 is 0 Å². The molecule has 0 amide bonds. The van der Waals surface area contributed by atoms with Crippen LogP contribution in [0.2, 0.25) is 0 Å². The number of para-hydroxylation sites is 2. The van der Waals surface area contributed by atoms with Crippen molar-refractivity contribution in [3.8, 4) is 0 Å². The largest absolute Gasteiger partial charge is 0.481 e. The van der Waals surface area contributed by atoms with Crippen LogP contribution in [0.25, 0.3) is 11.0 Å². The molecule has 1 N–H and O–H groups in total. The zero-order chi connectivity index (χ0) is 14.7. The van der Waals surface area contributed by atoms with E-state index in [0.717, 1.165) is 31.6 Å². The third-order valence-electron chi connectivity index (χ3n) is 4.27. The second-order valence-corrected chi connectivity index (χ2v) is 5.71. The summed E-state index contributed by atoms with van der Waals surface area (Å²) in [7, 11) is 0. The van der Waals surface area contributed by atoms with Crippen molar-refractivity contribution in [3.05, 3.63) is 30.6 Å². The highest BCUT2D eigenvalue weighted by atomic mass is 16.4. The number of aromatic nitrogens is 2. The van der Waals surface area contributed by atoms with E-state index in [-0.39, 0.29) is 6.42 Å². The van der Waals surface area contributed by atoms with E-state index in [1.165, 1.54) is 18.4 Å². The van der Waals surface area contributed by atoms with Gasteiger partial charge in [-0.1, -0.05) is 12.1 Å². The number of nitrogens with zero attached hydrogens (tertiary/aromatic N) is 3. The van der Waals surface area contributed by atoms with E-state index >= 15 is 0 Å². The minimum absolute atomic E-state index is 0.261. The minimum atomic E-state index is -0.702. The maximum Gasteiger partial charge on any atom is 0.303 e. The number of fused-ring (bicyclic) bond motifs is 1. The molecule has 0 saturated carbocycles. The quantitative estimate of drug-likeness (QED) is 0.886. The van der Waals surface area contributed by atoms with Gasteiger partial charge in [-0.3, -0.25) is 9.69 Å². The molecule has 112 valence electrons. The van der Waals surface area contributed by atoms with Crippen LogP contribution < -0.4 is 0 Å². The summed E-state index contributed by atoms with van der Waals surface area (Å²) in [4.78, 5) is 17.5. The van der Waals surface area contributed by atoms with Gasteiger partial charge in [-0.25, -0.2) is 4.98 Å². The van der Waals surface area contributed by atoms with E-state index in [1.54, 1.807) is 0 Å². The Morgan fingerprint density at radius 1 is 1.38 bits per heavy atom. The van der Waals surface area contributed by atoms with Gasteiger partial charge < -0.3 is 9.67 Å². The van der Waals surface area contributed by atoms with Crippen LogP contribution in [0.1, 0.15) is 25.7 Å². The molecule has 2 heterocycles. The van der Waals surface area contributed by atoms with Crippen LogP contribution in [0.15, 0.2) is 30.6 Å². The minimum Gasteiger partial charge on any atom is -0.481 e. The molecule has 0 bridgehead atoms. The summed E-state index contributed by atoms with van der Waals surface area (Å²) in [6, 6.07) is 8.68. The van der Waals surface area contributed by atoms with Crippen LogP contribution in [0.3, 0.4) is 0 Å². The fourth-order valence-electron chi connectivity index (χ4n) is 3.21. The Hall–Kier alpha value is -1.88. The lowest BCUT2D eigenvalue weighted by molar-refractivity contribution is -0.137. The van der Waals surface area contributed by atoms with Gasteiger partial charge >= 0.3 is 5.97 Å². The molecule has 5 heteroatoms. The lowest BCUT2D eigenvalue weighted by atomic mass is 10.2. The Morgan fingerprint density at radius 2 is 2.24 bits per heavy atom. The Labute approximate surface area is 124 Å². The van der Waals surface area contributed by atoms with Crippen LogP contribution in [0.5, 0.6) is 0 Å². The summed E-state index contributed by atoms with van der Waals surface area (Å²) < 4.78 is 2.22. The molecule has 3 rings (SSSR count). The van der Waals surface area contributed by atoms with Gasteiger partial charge in [0, 0.05) is 19.0 Å². The van der Waals surface area contributed by atoms with Gasteiger partial charge in [0.1, 0.15) is 0 Å². The van der Waals surface area contributed by atoms with Crippen molar-refractivity contribution < 1.29 is 9.90 Å². The normalized spacial score (nSPS) is 19.3. The first kappa shape index (κ1) is 14.1. The number of rotatable bonds is 6. The molecule has 1 atom stereocenters. The Morgan fingerprint density at radius 3 is 3.10 bits per heavy atom. The van der Waals surface area contributed by atoms with Crippen LogP contribution in [-0.4, -0.2) is 44.7 Å². The Kier molecular flexibility index (Phi) is 4.20. The Bertz CT molecular complexity index is 623. The summed E-state index contributed by atoms with van der Waals surface area (Å²) in [6.45, 7) is 2.90. The molecule has 2 aromatic rings. The fraction of sp³-hybridized carbons (Fsp3) is 0.500. The van der Waals surface area contributed by atoms with Crippen molar-refractivity contribution in [3.63, 3.8) is 0 Å². The molecule has 1 aromatic carbocycles. The van der Waals surface area contributed by atoms with Gasteiger partial charge in [-0.2, -0.15) is 0 Å². The van der Waals surface area contributed by atoms with Gasteiger partial charge in [-0.05, 0) is 44.5 Å². The number of carboxylic acids is 1. The van der Waals surface area contributed by atoms with Crippen LogP contribution in [0.4, 0.5) is 0 Å². The smallest absolute Gasteiger partial charge is 0.303 e. The van der Waals surface area contributed by atoms with E-state index in [2.05, 4.69) is 20.5 Å². The predicted molar refractivity (Wildman–Crippen MR) is 81.2 cm³/mol. The number of hydrogen-bond donors (Lipinski definition) is 1. The molecule has 1 aromatic heterocycles. The topological polar surface area (TPSA) is 58.4 Å². The third-order valence-corrected chi connectivity index (χ3v) is 4.27. The zero-order valence-corrected chi connectivity index (χ0v) is 12.1. The number of carboxylic acid groups (broad SMARTS) is 1. The van der Waals surface area contributed by atoms with Crippen molar-refractivity contribution >= 4 is 17.0 Å². The van der Waals surface area contributed by atoms with Crippen molar-refractivity contribution in [2.45, 2.75) is 38.3 Å². The highest BCUT2D eigenvalue weighted by Crippen LogP contribution is 2.21. The van der Waals surface area contributed by atoms with E-state index in [1.807, 2.05) is 24.5 Å². The van der Waals surface area contributed by atoms with E-state index in [4.69, 9.17) is 5.11 Å². The molecule has 1 saturated heterocycles. The first-order valence-corrected chi connectivity index (χ1v) is 7.60. The standard InChI is InChI=1S/C16H21N3O2/c20-16(21)8-4-10-18-9-3-5-13(18)11-19-12-17-14-6-1-2-7-15(14)19/h1-2,6-7,12-13H,3-5,8-11H2,(H,20,21). The summed E-state index contributed by atoms with van der Waals surface area (Å²) >= 11 is 0. The number of hydrogen-bond acceptors (Lipinski definition) is 3. The lowest BCUT2D eigenvalue weighted by Gasteiger charge is -2.24. The Balaban J connectivity index is 1.64. The van der Waals surface area contributed by atoms with E-state index in [9.17, 15) is 4.79 Å². The average molecular weight is 287 g/mol. The maximum atomic E-state index is 10.6. The van der Waals surface area contributed by atoms with E-state index in [0.29, 0.717) is 6.04 Å². The van der Waals surface area contributed by atoms with Crippen molar-refractivity contribution in [1.29, 1.82) is 0 Å². The monoisotopic (exact) mass is 287 g/mol. The molecular weight excluding hydrogens is 266 g/mol. The van der Waals surface area contributed by atoms with Gasteiger partial charge in [0.05, 0.1) is 17.4 Å². The van der Waals surface area contributed by atoms with Crippen LogP contribution in [0, 0.1) is 0 Å². The molecule has 1 aliphatic heterocycles. The molecule has 1 unspecified atom stereocenters. The summed E-state index contributed by atoms with van der Waals surface area (Å²) in [6.07, 6.45) is 5.29. The van der Waals surface area contributed by atoms with Gasteiger partial charge in [0.2, 0.25) is 0 Å². The third kappa shape index (κ3) is 3.24. The highest BCUT2D eigenvalue weighted by molar-refractivity contribution is 5.74. The van der Waals surface area contributed by atoms with Crippen molar-refractivity contribution in [1.82, 2.24) is 14.5 Å². The maximum absolute atomic E-state index is 10.6. The first-order chi connectivity index (χ1) is 10.2. The van der Waals surface area contributed by atoms with Crippen molar-refractivity contribution in [2.24, 2.45) is 0 Å². The lowest BCUT2D eigenvalue weighted by Crippen LogP contribution is -2.33. The molecular formula is C16H21N3O2. The predicted octanol–water partition coefficient (Wildman–Crippen LogP) is 2.37. The summed E-state index contributed by atoms with van der Waals surface area (Å²) in [5, 5.41) is 8.75. The number of benzene rings is 1. The molecule has 5 nitrogen and oxygen atoms in total. The highest BCUT2D eigenvalue weighted by Gasteiger charge is 2.24. The second-order valence-electron chi connectivity index (χ2n) is 5.71. The number of aliphatic carboxylic acids is 1. The molecule has 0 spiro atoms. The SMILES string of the molecule is O=C(O)CCCN1CCCC1Cn1cnc2ccccc21. The molecule has 21 heavy (non-hydrogen) atoms. The average Bonchev–Trinajstić information content (AvgIpc) is 3.07. The van der Waals surface area contributed by atoms with Gasteiger partial charge in [0.15, 0.2) is 0 Å². The molecule has 1 fully saturated rings. The van der Waals surface area contributed by atoms with Gasteiger partial charge in [0.25, 0.3) is 0 Å². The number of likely N-dealkylation sites (tertiary alicyclic amines) is 1. The fourth-order valence-corrected chi connectivity index (χ4v) is 3.21. The van der Waals surface area contributed by atoms with Gasteiger partial charge in [-0.15, -0.1) is 0 Å². The summed E-state index contributed by atoms with van der Waals surface area (Å²) in [5.41, 5.74) is 2.21. The van der Waals surface area contributed by atoms with E-state index < -0.39 is 5.97 Å². The molecule has 0 aliphatic carbocycles. The molecule has 0 radical (unpaired) electrons.